The standard InChI is InChI=1S/C23H25F3N4O/c1-4-5-16-6-8-18(9-7-16)29-22-27-14-20(23(24,25)26)21(30-22)28-17-10-12-19(13-11-17)31-15(2)3/h6-15H,4-5H2,1-3H3,(H2,27,28,29,30). The third kappa shape index (κ3) is 6.34. The van der Waals surface area contributed by atoms with E-state index in [1.54, 1.807) is 24.3 Å². The van der Waals surface area contributed by atoms with Crippen molar-refractivity contribution in [2.24, 2.45) is 0 Å². The van der Waals surface area contributed by atoms with E-state index < -0.39 is 11.7 Å². The average molecular weight is 430 g/mol. The van der Waals surface area contributed by atoms with Crippen molar-refractivity contribution in [1.29, 1.82) is 0 Å². The molecule has 0 unspecified atom stereocenters. The van der Waals surface area contributed by atoms with Gasteiger partial charge in [-0.15, -0.1) is 0 Å². The molecule has 0 saturated carbocycles. The molecule has 0 amide bonds. The van der Waals surface area contributed by atoms with Crippen LogP contribution >= 0.6 is 0 Å². The number of halogens is 3. The summed E-state index contributed by atoms with van der Waals surface area (Å²) in [4.78, 5) is 7.92. The minimum absolute atomic E-state index is 0.00202. The molecule has 0 fully saturated rings. The molecule has 1 heterocycles. The maximum Gasteiger partial charge on any atom is 0.421 e. The van der Waals surface area contributed by atoms with Crippen molar-refractivity contribution in [2.75, 3.05) is 10.6 Å². The van der Waals surface area contributed by atoms with Crippen LogP contribution < -0.4 is 15.4 Å². The summed E-state index contributed by atoms with van der Waals surface area (Å²) in [6, 6.07) is 14.3. The van der Waals surface area contributed by atoms with Crippen molar-refractivity contribution >= 4 is 23.1 Å². The van der Waals surface area contributed by atoms with Crippen molar-refractivity contribution in [2.45, 2.75) is 45.9 Å². The molecule has 0 aliphatic rings. The Bertz CT molecular complexity index is 987. The molecule has 0 aliphatic carbocycles. The van der Waals surface area contributed by atoms with Gasteiger partial charge in [0.05, 0.1) is 6.10 Å². The Hall–Kier alpha value is -3.29. The van der Waals surface area contributed by atoms with Gasteiger partial charge in [-0.3, -0.25) is 0 Å². The number of hydrogen-bond acceptors (Lipinski definition) is 5. The number of nitrogens with zero attached hydrogens (tertiary/aromatic N) is 2. The zero-order valence-electron chi connectivity index (χ0n) is 17.6. The Kier molecular flexibility index (Phi) is 6.99. The van der Waals surface area contributed by atoms with Gasteiger partial charge in [0, 0.05) is 17.6 Å². The third-order valence-electron chi connectivity index (χ3n) is 4.33. The Balaban J connectivity index is 1.83. The van der Waals surface area contributed by atoms with E-state index in [1.807, 2.05) is 38.1 Å². The molecule has 8 heteroatoms. The van der Waals surface area contributed by atoms with Crippen LogP contribution in [0.4, 0.5) is 36.3 Å². The van der Waals surface area contributed by atoms with Gasteiger partial charge in [0.2, 0.25) is 5.95 Å². The first-order chi connectivity index (χ1) is 14.7. The van der Waals surface area contributed by atoms with E-state index in [-0.39, 0.29) is 17.9 Å². The van der Waals surface area contributed by atoms with Crippen molar-refractivity contribution < 1.29 is 17.9 Å². The van der Waals surface area contributed by atoms with Gasteiger partial charge in [0.25, 0.3) is 0 Å². The number of rotatable bonds is 8. The van der Waals surface area contributed by atoms with Crippen LogP contribution in [0.15, 0.2) is 54.7 Å². The summed E-state index contributed by atoms with van der Waals surface area (Å²) in [5.41, 5.74) is 1.39. The quantitative estimate of drug-likeness (QED) is 0.415. The van der Waals surface area contributed by atoms with Crippen LogP contribution in [-0.4, -0.2) is 16.1 Å². The van der Waals surface area contributed by atoms with Crippen molar-refractivity contribution in [3.8, 4) is 5.75 Å². The SMILES string of the molecule is CCCc1ccc(Nc2ncc(C(F)(F)F)c(Nc3ccc(OC(C)C)cc3)n2)cc1. The molecule has 31 heavy (non-hydrogen) atoms. The smallest absolute Gasteiger partial charge is 0.421 e. The number of aryl methyl sites for hydroxylation is 1. The fourth-order valence-electron chi connectivity index (χ4n) is 2.94. The van der Waals surface area contributed by atoms with Gasteiger partial charge in [0.1, 0.15) is 17.1 Å². The summed E-state index contributed by atoms with van der Waals surface area (Å²) >= 11 is 0. The second kappa shape index (κ2) is 9.68. The molecule has 1 aromatic heterocycles. The molecule has 3 rings (SSSR count). The zero-order chi connectivity index (χ0) is 22.4. The third-order valence-corrected chi connectivity index (χ3v) is 4.33. The van der Waals surface area contributed by atoms with Gasteiger partial charge in [0.15, 0.2) is 0 Å². The number of aromatic nitrogens is 2. The van der Waals surface area contributed by atoms with E-state index in [2.05, 4.69) is 27.5 Å². The number of benzene rings is 2. The maximum atomic E-state index is 13.5. The first-order valence-corrected chi connectivity index (χ1v) is 10.1. The lowest BCUT2D eigenvalue weighted by Crippen LogP contribution is -2.12. The lowest BCUT2D eigenvalue weighted by atomic mass is 10.1. The summed E-state index contributed by atoms with van der Waals surface area (Å²) in [6.07, 6.45) is -1.81. The normalized spacial score (nSPS) is 11.5. The molecule has 2 aromatic carbocycles. The highest BCUT2D eigenvalue weighted by Crippen LogP contribution is 2.35. The summed E-state index contributed by atoms with van der Waals surface area (Å²) in [5.74, 6) is 0.372. The molecule has 5 nitrogen and oxygen atoms in total. The number of anilines is 4. The largest absolute Gasteiger partial charge is 0.491 e. The van der Waals surface area contributed by atoms with E-state index in [9.17, 15) is 13.2 Å². The number of hydrogen-bond donors (Lipinski definition) is 2. The van der Waals surface area contributed by atoms with Crippen molar-refractivity contribution in [3.63, 3.8) is 0 Å². The van der Waals surface area contributed by atoms with Crippen LogP contribution in [0.3, 0.4) is 0 Å². The lowest BCUT2D eigenvalue weighted by Gasteiger charge is -2.15. The van der Waals surface area contributed by atoms with Gasteiger partial charge < -0.3 is 15.4 Å². The fraction of sp³-hybridized carbons (Fsp3) is 0.304. The summed E-state index contributed by atoms with van der Waals surface area (Å²) in [5, 5.41) is 5.70. The van der Waals surface area contributed by atoms with E-state index >= 15 is 0 Å². The number of nitrogens with one attached hydrogen (secondary N) is 2. The first kappa shape index (κ1) is 22.4. The summed E-state index contributed by atoms with van der Waals surface area (Å²) in [7, 11) is 0. The fourth-order valence-corrected chi connectivity index (χ4v) is 2.94. The van der Waals surface area contributed by atoms with Gasteiger partial charge in [-0.1, -0.05) is 25.5 Å². The molecule has 0 aliphatic heterocycles. The van der Waals surface area contributed by atoms with Crippen molar-refractivity contribution in [1.82, 2.24) is 9.97 Å². The molecule has 0 atom stereocenters. The molecule has 0 bridgehead atoms. The van der Waals surface area contributed by atoms with E-state index in [1.165, 1.54) is 5.56 Å². The number of ether oxygens (including phenoxy) is 1. The highest BCUT2D eigenvalue weighted by Gasteiger charge is 2.35. The number of alkyl halides is 3. The van der Waals surface area contributed by atoms with Crippen LogP contribution in [0.2, 0.25) is 0 Å². The maximum absolute atomic E-state index is 13.5. The Morgan fingerprint density at radius 1 is 0.935 bits per heavy atom. The van der Waals surface area contributed by atoms with Crippen LogP contribution in [0, 0.1) is 0 Å². The summed E-state index contributed by atoms with van der Waals surface area (Å²) < 4.78 is 46.0. The Morgan fingerprint density at radius 2 is 1.55 bits per heavy atom. The van der Waals surface area contributed by atoms with E-state index in [0.717, 1.165) is 19.0 Å². The molecule has 164 valence electrons. The molecule has 0 spiro atoms. The van der Waals surface area contributed by atoms with E-state index in [0.29, 0.717) is 17.1 Å². The van der Waals surface area contributed by atoms with Crippen LogP contribution in [-0.2, 0) is 12.6 Å². The predicted octanol–water partition coefficient (Wildman–Crippen LogP) is 6.72. The topological polar surface area (TPSA) is 59.1 Å². The summed E-state index contributed by atoms with van der Waals surface area (Å²) in [6.45, 7) is 5.89. The zero-order valence-corrected chi connectivity index (χ0v) is 17.6. The van der Waals surface area contributed by atoms with Gasteiger partial charge in [-0.05, 0) is 62.2 Å². The highest BCUT2D eigenvalue weighted by molar-refractivity contribution is 5.63. The molecule has 0 radical (unpaired) electrons. The first-order valence-electron chi connectivity index (χ1n) is 10.1. The average Bonchev–Trinajstić information content (AvgIpc) is 2.70. The molecule has 0 saturated heterocycles. The van der Waals surface area contributed by atoms with Gasteiger partial charge in [-0.25, -0.2) is 4.98 Å². The molecular weight excluding hydrogens is 405 g/mol. The second-order valence-corrected chi connectivity index (χ2v) is 7.34. The van der Waals surface area contributed by atoms with Crippen LogP contribution in [0.1, 0.15) is 38.3 Å². The van der Waals surface area contributed by atoms with Crippen molar-refractivity contribution in [3.05, 3.63) is 65.9 Å². The highest BCUT2D eigenvalue weighted by atomic mass is 19.4. The lowest BCUT2D eigenvalue weighted by molar-refractivity contribution is -0.137. The predicted molar refractivity (Wildman–Crippen MR) is 116 cm³/mol. The molecular formula is C23H25F3N4O. The minimum Gasteiger partial charge on any atom is -0.491 e. The Labute approximate surface area is 179 Å². The monoisotopic (exact) mass is 430 g/mol. The van der Waals surface area contributed by atoms with Crippen LogP contribution in [0.5, 0.6) is 5.75 Å². The second-order valence-electron chi connectivity index (χ2n) is 7.34. The van der Waals surface area contributed by atoms with Gasteiger partial charge in [-0.2, -0.15) is 18.2 Å². The van der Waals surface area contributed by atoms with Gasteiger partial charge >= 0.3 is 6.18 Å². The Morgan fingerprint density at radius 3 is 2.13 bits per heavy atom. The van der Waals surface area contributed by atoms with Crippen LogP contribution in [0.25, 0.3) is 0 Å². The minimum atomic E-state index is -4.59. The van der Waals surface area contributed by atoms with E-state index in [4.69, 9.17) is 4.74 Å². The molecule has 3 aromatic rings. The molecule has 2 N–H and O–H groups in total.